The summed E-state index contributed by atoms with van der Waals surface area (Å²) in [5, 5.41) is 0. The summed E-state index contributed by atoms with van der Waals surface area (Å²) in [6, 6.07) is 0. The largest absolute Gasteiger partial charge is 0.460 e. The van der Waals surface area contributed by atoms with Gasteiger partial charge in [-0.3, -0.25) is 0 Å². The molecule has 168 valence electrons. The average molecular weight is 450 g/mol. The topological polar surface area (TPSA) is 34.3 Å². The lowest BCUT2D eigenvalue weighted by molar-refractivity contribution is -0.430. The third-order valence-corrected chi connectivity index (χ3v) is 3.25. The van der Waals surface area contributed by atoms with Gasteiger partial charge in [-0.15, -0.1) is 0 Å². The van der Waals surface area contributed by atoms with Crippen LogP contribution in [0.1, 0.15) is 0 Å². The average Bonchev–Trinajstić information content (AvgIpc) is 3.41. The molecule has 0 amide bonds. The fourth-order valence-electron chi connectivity index (χ4n) is 1.38. The normalized spacial score (nSPS) is 23.4. The molecule has 16 heteroatoms. The Morgan fingerprint density at radius 3 is 1.29 bits per heavy atom. The number of alkyl halides is 13. The molecule has 2 heterocycles. The summed E-state index contributed by atoms with van der Waals surface area (Å²) in [6.07, 6.45) is -12.2. The van der Waals surface area contributed by atoms with E-state index in [-0.39, 0.29) is 0 Å². The molecular formula is C12H11F13O3. The van der Waals surface area contributed by atoms with E-state index in [0.29, 0.717) is 12.2 Å². The molecule has 0 spiro atoms. The van der Waals surface area contributed by atoms with Crippen LogP contribution in [0.3, 0.4) is 0 Å². The summed E-state index contributed by atoms with van der Waals surface area (Å²) < 4.78 is 170. The molecule has 0 saturated carbocycles. The maximum Gasteiger partial charge on any atom is 0.460 e. The van der Waals surface area contributed by atoms with Crippen LogP contribution in [0, 0.1) is 0 Å². The lowest BCUT2D eigenvalue weighted by Crippen LogP contribution is -2.67. The van der Waals surface area contributed by atoms with Crippen molar-refractivity contribution in [1.29, 1.82) is 0 Å². The van der Waals surface area contributed by atoms with E-state index in [1.54, 1.807) is 0 Å². The van der Waals surface area contributed by atoms with E-state index in [0.717, 1.165) is 26.4 Å². The number of epoxide rings is 2. The van der Waals surface area contributed by atoms with E-state index in [4.69, 9.17) is 14.2 Å². The fraction of sp³-hybridized carbons (Fsp3) is 1.00. The Hall–Kier alpha value is -1.03. The van der Waals surface area contributed by atoms with Gasteiger partial charge >= 0.3 is 36.3 Å². The van der Waals surface area contributed by atoms with Gasteiger partial charge in [-0.05, 0) is 0 Å². The zero-order valence-electron chi connectivity index (χ0n) is 13.2. The highest BCUT2D eigenvalue weighted by Crippen LogP contribution is 2.58. The quantitative estimate of drug-likeness (QED) is 0.412. The van der Waals surface area contributed by atoms with Crippen molar-refractivity contribution in [3.05, 3.63) is 0 Å². The molecule has 2 atom stereocenters. The highest BCUT2D eigenvalue weighted by Gasteiger charge is 2.88. The van der Waals surface area contributed by atoms with Gasteiger partial charge in [0.15, 0.2) is 0 Å². The standard InChI is InChI=1S/C6HF13.C6H10O3/c7-1(8)2(9,10)3(11,12)4(13,14)5(15,16)6(17,18)19;1(5-3-8-5)7-2-6-4-9-6/h1H;5-6H,1-4H2. The van der Waals surface area contributed by atoms with Crippen LogP contribution in [0.15, 0.2) is 0 Å². The summed E-state index contributed by atoms with van der Waals surface area (Å²) >= 11 is 0. The van der Waals surface area contributed by atoms with Crippen molar-refractivity contribution in [1.82, 2.24) is 0 Å². The highest BCUT2D eigenvalue weighted by molar-refractivity contribution is 5.06. The van der Waals surface area contributed by atoms with Crippen molar-refractivity contribution in [2.45, 2.75) is 48.5 Å². The predicted molar refractivity (Wildman–Crippen MR) is 62.1 cm³/mol. The molecule has 0 aromatic carbocycles. The second-order valence-electron chi connectivity index (χ2n) is 5.59. The van der Waals surface area contributed by atoms with Crippen LogP contribution in [-0.2, 0) is 14.2 Å². The fourth-order valence-corrected chi connectivity index (χ4v) is 1.38. The Balaban J connectivity index is 0.000000354. The molecule has 0 radical (unpaired) electrons. The number of hydrogen-bond acceptors (Lipinski definition) is 3. The molecule has 2 aliphatic heterocycles. The summed E-state index contributed by atoms with van der Waals surface area (Å²) in [4.78, 5) is 0. The van der Waals surface area contributed by atoms with E-state index >= 15 is 0 Å². The molecule has 0 N–H and O–H groups in total. The van der Waals surface area contributed by atoms with Gasteiger partial charge < -0.3 is 14.2 Å². The number of ether oxygens (including phenoxy) is 3. The molecular weight excluding hydrogens is 439 g/mol. The lowest BCUT2D eigenvalue weighted by Gasteiger charge is -2.36. The van der Waals surface area contributed by atoms with Crippen LogP contribution in [0.25, 0.3) is 0 Å². The van der Waals surface area contributed by atoms with Crippen molar-refractivity contribution in [3.63, 3.8) is 0 Å². The third kappa shape index (κ3) is 5.11. The van der Waals surface area contributed by atoms with Gasteiger partial charge in [-0.25, -0.2) is 8.78 Å². The summed E-state index contributed by atoms with van der Waals surface area (Å²) in [5.41, 5.74) is 0. The van der Waals surface area contributed by atoms with Crippen LogP contribution >= 0.6 is 0 Å². The van der Waals surface area contributed by atoms with E-state index in [2.05, 4.69) is 0 Å². The minimum atomic E-state index is -7.78. The Kier molecular flexibility index (Phi) is 7.15. The van der Waals surface area contributed by atoms with E-state index < -0.39 is 36.3 Å². The number of halogens is 13. The van der Waals surface area contributed by atoms with Crippen LogP contribution in [-0.4, -0.2) is 74.9 Å². The van der Waals surface area contributed by atoms with E-state index in [1.807, 2.05) is 0 Å². The van der Waals surface area contributed by atoms with Crippen LogP contribution in [0.5, 0.6) is 0 Å². The Morgan fingerprint density at radius 2 is 1.04 bits per heavy atom. The molecule has 0 aromatic rings. The predicted octanol–water partition coefficient (Wildman–Crippen LogP) is 4.16. The second kappa shape index (κ2) is 8.01. The van der Waals surface area contributed by atoms with Crippen molar-refractivity contribution in [3.8, 4) is 0 Å². The zero-order valence-corrected chi connectivity index (χ0v) is 13.2. The minimum absolute atomic E-state index is 0.392. The van der Waals surface area contributed by atoms with Crippen LogP contribution < -0.4 is 0 Å². The van der Waals surface area contributed by atoms with Gasteiger partial charge in [0.1, 0.15) is 12.2 Å². The molecule has 2 saturated heterocycles. The van der Waals surface area contributed by atoms with Gasteiger partial charge in [-0.2, -0.15) is 48.3 Å². The molecule has 2 fully saturated rings. The third-order valence-electron chi connectivity index (χ3n) is 3.25. The van der Waals surface area contributed by atoms with Crippen molar-refractivity contribution < 1.29 is 71.3 Å². The maximum absolute atomic E-state index is 12.3. The lowest BCUT2D eigenvalue weighted by atomic mass is 9.98. The summed E-state index contributed by atoms with van der Waals surface area (Å²) in [5.74, 6) is -30.1. The van der Waals surface area contributed by atoms with Crippen molar-refractivity contribution in [2.75, 3.05) is 26.4 Å². The molecule has 2 unspecified atom stereocenters. The zero-order chi connectivity index (χ0) is 22.2. The van der Waals surface area contributed by atoms with E-state index in [9.17, 15) is 57.1 Å². The second-order valence-corrected chi connectivity index (χ2v) is 5.59. The van der Waals surface area contributed by atoms with E-state index in [1.165, 1.54) is 0 Å². The molecule has 0 aromatic heterocycles. The number of rotatable bonds is 8. The number of hydrogen-bond donors (Lipinski definition) is 0. The van der Waals surface area contributed by atoms with Gasteiger partial charge in [0.25, 0.3) is 0 Å². The minimum Gasteiger partial charge on any atom is -0.376 e. The van der Waals surface area contributed by atoms with Gasteiger partial charge in [0.2, 0.25) is 0 Å². The summed E-state index contributed by atoms with van der Waals surface area (Å²) in [7, 11) is 0. The first-order valence-corrected chi connectivity index (χ1v) is 7.06. The molecule has 2 aliphatic rings. The first kappa shape index (κ1) is 25.0. The molecule has 0 bridgehead atoms. The first-order chi connectivity index (χ1) is 12.4. The van der Waals surface area contributed by atoms with Crippen LogP contribution in [0.4, 0.5) is 57.1 Å². The Bertz CT molecular complexity index is 499. The maximum atomic E-state index is 12.3. The van der Waals surface area contributed by atoms with Gasteiger partial charge in [0, 0.05) is 0 Å². The molecule has 2 rings (SSSR count). The SMILES string of the molecule is C(OCC1CO1)C1CO1.FC(F)C(F)(F)C(F)(F)C(F)(F)C(F)(F)C(F)(F)F. The van der Waals surface area contributed by atoms with Gasteiger partial charge in [-0.1, -0.05) is 0 Å². The van der Waals surface area contributed by atoms with Gasteiger partial charge in [0.05, 0.1) is 26.4 Å². The van der Waals surface area contributed by atoms with Crippen molar-refractivity contribution >= 4 is 0 Å². The smallest absolute Gasteiger partial charge is 0.376 e. The Labute approximate surface area is 147 Å². The highest BCUT2D eigenvalue weighted by atomic mass is 19.4. The summed E-state index contributed by atoms with van der Waals surface area (Å²) in [6.45, 7) is 3.26. The first-order valence-electron chi connectivity index (χ1n) is 7.06. The Morgan fingerprint density at radius 1 is 0.679 bits per heavy atom. The molecule has 3 nitrogen and oxygen atoms in total. The monoisotopic (exact) mass is 450 g/mol. The molecule has 28 heavy (non-hydrogen) atoms. The van der Waals surface area contributed by atoms with Crippen LogP contribution in [0.2, 0.25) is 0 Å². The van der Waals surface area contributed by atoms with Crippen molar-refractivity contribution in [2.24, 2.45) is 0 Å². The molecule has 0 aliphatic carbocycles.